The maximum Gasteiger partial charge on any atom is 0.295 e. The van der Waals surface area contributed by atoms with Crippen LogP contribution in [0.5, 0.6) is 11.5 Å². The van der Waals surface area contributed by atoms with Gasteiger partial charge in [-0.2, -0.15) is 0 Å². The van der Waals surface area contributed by atoms with Crippen molar-refractivity contribution in [2.24, 2.45) is 0 Å². The zero-order chi connectivity index (χ0) is 24.9. The zero-order valence-electron chi connectivity index (χ0n) is 20.0. The molecule has 7 heteroatoms. The van der Waals surface area contributed by atoms with Gasteiger partial charge in [-0.25, -0.2) is 0 Å². The van der Waals surface area contributed by atoms with Gasteiger partial charge in [0.25, 0.3) is 11.7 Å². The van der Waals surface area contributed by atoms with E-state index >= 15 is 0 Å². The Balaban J connectivity index is 1.85. The summed E-state index contributed by atoms with van der Waals surface area (Å²) in [5.74, 6) is -0.577. The van der Waals surface area contributed by atoms with Gasteiger partial charge in [-0.1, -0.05) is 48.9 Å². The molecule has 1 unspecified atom stereocenters. The number of aliphatic hydroxyl groups excluding tert-OH is 1. The van der Waals surface area contributed by atoms with Crippen LogP contribution in [0.1, 0.15) is 41.6 Å². The highest BCUT2D eigenvalue weighted by Gasteiger charge is 2.46. The average Bonchev–Trinajstić information content (AvgIpc) is 3.13. The van der Waals surface area contributed by atoms with Gasteiger partial charge < -0.3 is 19.5 Å². The normalized spacial score (nSPS) is 17.0. The topological polar surface area (TPSA) is 89.0 Å². The molecule has 1 fully saturated rings. The second kappa shape index (κ2) is 10.4. The number of Topliss-reactive ketones (excluding diaryl/α,β-unsaturated/α-hetero) is 1. The Kier molecular flexibility index (Phi) is 7.15. The van der Waals surface area contributed by atoms with Gasteiger partial charge in [-0.05, 0) is 42.7 Å². The molecule has 2 heterocycles. The van der Waals surface area contributed by atoms with Crippen molar-refractivity contribution in [2.45, 2.75) is 32.9 Å². The van der Waals surface area contributed by atoms with Crippen LogP contribution in [0.25, 0.3) is 5.76 Å². The fourth-order valence-corrected chi connectivity index (χ4v) is 4.13. The van der Waals surface area contributed by atoms with E-state index in [-0.39, 0.29) is 17.9 Å². The van der Waals surface area contributed by atoms with E-state index in [9.17, 15) is 14.7 Å². The van der Waals surface area contributed by atoms with E-state index < -0.39 is 17.7 Å². The van der Waals surface area contributed by atoms with Crippen LogP contribution < -0.4 is 9.47 Å². The molecule has 7 nitrogen and oxygen atoms in total. The molecule has 0 radical (unpaired) electrons. The summed E-state index contributed by atoms with van der Waals surface area (Å²) in [5, 5.41) is 11.2. The van der Waals surface area contributed by atoms with Crippen LogP contribution >= 0.6 is 0 Å². The summed E-state index contributed by atoms with van der Waals surface area (Å²) in [6.45, 7) is 4.63. The predicted octanol–water partition coefficient (Wildman–Crippen LogP) is 4.81. The Morgan fingerprint density at radius 1 is 1.09 bits per heavy atom. The summed E-state index contributed by atoms with van der Waals surface area (Å²) < 4.78 is 11.3. The Hall–Kier alpha value is -4.13. The number of benzene rings is 2. The lowest BCUT2D eigenvalue weighted by molar-refractivity contribution is -0.140. The maximum atomic E-state index is 13.3. The van der Waals surface area contributed by atoms with Gasteiger partial charge in [-0.3, -0.25) is 14.6 Å². The van der Waals surface area contributed by atoms with Gasteiger partial charge in [0.1, 0.15) is 5.76 Å². The molecule has 1 amide bonds. The number of hydrogen-bond acceptors (Lipinski definition) is 6. The van der Waals surface area contributed by atoms with Gasteiger partial charge in [0, 0.05) is 24.5 Å². The number of rotatable bonds is 8. The Bertz CT molecular complexity index is 1250. The minimum atomic E-state index is -0.814. The van der Waals surface area contributed by atoms with Crippen LogP contribution in [0.4, 0.5) is 0 Å². The molecule has 0 aliphatic carbocycles. The van der Waals surface area contributed by atoms with E-state index in [1.807, 2.05) is 32.0 Å². The summed E-state index contributed by atoms with van der Waals surface area (Å²) in [7, 11) is 1.54. The van der Waals surface area contributed by atoms with Gasteiger partial charge in [0.05, 0.1) is 25.3 Å². The Labute approximate surface area is 204 Å². The van der Waals surface area contributed by atoms with Crippen LogP contribution in [0, 0.1) is 6.92 Å². The molecule has 1 saturated heterocycles. The first-order valence-electron chi connectivity index (χ1n) is 11.5. The van der Waals surface area contributed by atoms with Crippen molar-refractivity contribution < 1.29 is 24.2 Å². The van der Waals surface area contributed by atoms with Crippen molar-refractivity contribution in [2.75, 3.05) is 13.7 Å². The number of likely N-dealkylation sites (tertiary alicyclic amines) is 1. The van der Waals surface area contributed by atoms with Crippen molar-refractivity contribution in [1.29, 1.82) is 0 Å². The third kappa shape index (κ3) is 4.89. The third-order valence-corrected chi connectivity index (χ3v) is 5.91. The zero-order valence-corrected chi connectivity index (χ0v) is 20.0. The van der Waals surface area contributed by atoms with Crippen molar-refractivity contribution in [3.8, 4) is 11.5 Å². The van der Waals surface area contributed by atoms with E-state index in [0.29, 0.717) is 29.2 Å². The highest BCUT2D eigenvalue weighted by molar-refractivity contribution is 6.46. The molecular formula is C28H28N2O5. The molecule has 1 N–H and O–H groups in total. The standard InChI is InChI=1S/C28H28N2O5/c1-4-14-35-22-12-11-21(15-23(22)34-3)25-24(26(31)20-9-7-18(2)8-10-20)27(32)28(33)30(25)17-19-6-5-13-29-16-19/h5-13,15-16,25,31H,4,14,17H2,1-3H3/b26-24+. The number of amides is 1. The van der Waals surface area contributed by atoms with E-state index in [4.69, 9.17) is 9.47 Å². The monoisotopic (exact) mass is 472 g/mol. The van der Waals surface area contributed by atoms with Crippen molar-refractivity contribution in [3.05, 3.63) is 94.8 Å². The minimum absolute atomic E-state index is 0.0343. The molecule has 1 aliphatic rings. The fraction of sp³-hybridized carbons (Fsp3) is 0.250. The SMILES string of the molecule is CCCOc1ccc(C2/C(=C(\O)c3ccc(C)cc3)C(=O)C(=O)N2Cc2cccnc2)cc1OC. The highest BCUT2D eigenvalue weighted by Crippen LogP contribution is 2.42. The number of aromatic nitrogens is 1. The number of methoxy groups -OCH3 is 1. The van der Waals surface area contributed by atoms with E-state index in [0.717, 1.165) is 17.5 Å². The third-order valence-electron chi connectivity index (χ3n) is 5.91. The molecule has 0 saturated carbocycles. The first-order chi connectivity index (χ1) is 16.9. The highest BCUT2D eigenvalue weighted by atomic mass is 16.5. The smallest absolute Gasteiger partial charge is 0.295 e. The number of ether oxygens (including phenoxy) is 2. The molecule has 0 bridgehead atoms. The molecule has 4 rings (SSSR count). The lowest BCUT2D eigenvalue weighted by Crippen LogP contribution is -2.29. The van der Waals surface area contributed by atoms with E-state index in [2.05, 4.69) is 4.98 Å². The molecule has 1 atom stereocenters. The van der Waals surface area contributed by atoms with Crippen LogP contribution in [0.15, 0.2) is 72.6 Å². The number of aliphatic hydroxyl groups is 1. The number of hydrogen-bond donors (Lipinski definition) is 1. The predicted molar refractivity (Wildman–Crippen MR) is 132 cm³/mol. The minimum Gasteiger partial charge on any atom is -0.507 e. The number of ketones is 1. The van der Waals surface area contributed by atoms with Crippen molar-refractivity contribution in [1.82, 2.24) is 9.88 Å². The lowest BCUT2D eigenvalue weighted by atomic mass is 9.94. The quantitative estimate of drug-likeness (QED) is 0.288. The lowest BCUT2D eigenvalue weighted by Gasteiger charge is -2.26. The molecule has 180 valence electrons. The Morgan fingerprint density at radius 3 is 2.51 bits per heavy atom. The van der Waals surface area contributed by atoms with Crippen molar-refractivity contribution >= 4 is 17.4 Å². The molecule has 35 heavy (non-hydrogen) atoms. The summed E-state index contributed by atoms with van der Waals surface area (Å²) in [5.41, 5.74) is 2.91. The van der Waals surface area contributed by atoms with E-state index in [1.54, 1.807) is 48.8 Å². The van der Waals surface area contributed by atoms with Crippen LogP contribution in [0.2, 0.25) is 0 Å². The fourth-order valence-electron chi connectivity index (χ4n) is 4.13. The second-order valence-electron chi connectivity index (χ2n) is 8.41. The first-order valence-corrected chi connectivity index (χ1v) is 11.5. The molecular weight excluding hydrogens is 444 g/mol. The number of pyridine rings is 1. The molecule has 1 aromatic heterocycles. The number of nitrogens with zero attached hydrogens (tertiary/aromatic N) is 2. The Morgan fingerprint density at radius 2 is 1.86 bits per heavy atom. The van der Waals surface area contributed by atoms with Gasteiger partial charge in [0.2, 0.25) is 0 Å². The van der Waals surface area contributed by atoms with E-state index in [1.165, 1.54) is 12.0 Å². The molecule has 2 aromatic carbocycles. The maximum absolute atomic E-state index is 13.3. The molecule has 3 aromatic rings. The summed E-state index contributed by atoms with van der Waals surface area (Å²) in [4.78, 5) is 32.0. The number of aryl methyl sites for hydroxylation is 1. The van der Waals surface area contributed by atoms with Crippen LogP contribution in [-0.2, 0) is 16.1 Å². The summed E-state index contributed by atoms with van der Waals surface area (Å²) in [6.07, 6.45) is 4.14. The largest absolute Gasteiger partial charge is 0.507 e. The van der Waals surface area contributed by atoms with Crippen molar-refractivity contribution in [3.63, 3.8) is 0 Å². The average molecular weight is 473 g/mol. The summed E-state index contributed by atoms with van der Waals surface area (Å²) in [6, 6.07) is 15.3. The van der Waals surface area contributed by atoms with Gasteiger partial charge in [-0.15, -0.1) is 0 Å². The second-order valence-corrected chi connectivity index (χ2v) is 8.41. The summed E-state index contributed by atoms with van der Waals surface area (Å²) >= 11 is 0. The first kappa shape index (κ1) is 24.0. The van der Waals surface area contributed by atoms with Gasteiger partial charge >= 0.3 is 0 Å². The number of carbonyl (C=O) groups excluding carboxylic acids is 2. The van der Waals surface area contributed by atoms with Gasteiger partial charge in [0.15, 0.2) is 11.5 Å². The van der Waals surface area contributed by atoms with Crippen LogP contribution in [0.3, 0.4) is 0 Å². The van der Waals surface area contributed by atoms with Crippen LogP contribution in [-0.4, -0.2) is 40.4 Å². The molecule has 0 spiro atoms. The number of carbonyl (C=O) groups is 2. The molecule has 1 aliphatic heterocycles.